The lowest BCUT2D eigenvalue weighted by Crippen LogP contribution is -2.40. The lowest BCUT2D eigenvalue weighted by atomic mass is 9.82. The van der Waals surface area contributed by atoms with E-state index in [0.717, 1.165) is 31.2 Å². The predicted molar refractivity (Wildman–Crippen MR) is 119 cm³/mol. The summed E-state index contributed by atoms with van der Waals surface area (Å²) in [6.45, 7) is 12.8. The van der Waals surface area contributed by atoms with Crippen LogP contribution >= 0.6 is 0 Å². The molecule has 1 aromatic carbocycles. The smallest absolute Gasteiger partial charge is 0.263 e. The Morgan fingerprint density at radius 1 is 1.17 bits per heavy atom. The summed E-state index contributed by atoms with van der Waals surface area (Å²) in [5.41, 5.74) is 4.03. The van der Waals surface area contributed by atoms with Crippen LogP contribution in [-0.4, -0.2) is 11.4 Å². The summed E-state index contributed by atoms with van der Waals surface area (Å²) in [5, 5.41) is 15.9. The third-order valence-corrected chi connectivity index (χ3v) is 5.43. The number of nitrogens with zero attached hydrogens (tertiary/aromatic N) is 1. The van der Waals surface area contributed by atoms with E-state index in [0.29, 0.717) is 0 Å². The molecule has 0 aliphatic heterocycles. The highest BCUT2D eigenvalue weighted by molar-refractivity contribution is 5.97. The first kappa shape index (κ1) is 23.0. The van der Waals surface area contributed by atoms with E-state index in [9.17, 15) is 10.1 Å². The first-order valence-electron chi connectivity index (χ1n) is 10.9. The zero-order valence-electron chi connectivity index (χ0n) is 19.0. The maximum Gasteiger partial charge on any atom is 0.263 e. The fourth-order valence-electron chi connectivity index (χ4n) is 4.42. The normalized spacial score (nSPS) is 15.8. The number of aryl methyl sites for hydroxylation is 2. The van der Waals surface area contributed by atoms with Crippen LogP contribution in [0.1, 0.15) is 90.0 Å². The number of amides is 1. The minimum atomic E-state index is -0.323. The van der Waals surface area contributed by atoms with E-state index in [1.165, 1.54) is 24.0 Å². The van der Waals surface area contributed by atoms with Gasteiger partial charge in [-0.25, -0.2) is 0 Å². The van der Waals surface area contributed by atoms with E-state index in [2.05, 4.69) is 76.4 Å². The number of carbonyl (C=O) groups excluding carboxylic acids is 1. The van der Waals surface area contributed by atoms with Gasteiger partial charge in [0.05, 0.1) is 6.04 Å². The van der Waals surface area contributed by atoms with Gasteiger partial charge >= 0.3 is 0 Å². The molecule has 0 aromatic heterocycles. The molecule has 2 N–H and O–H groups in total. The summed E-state index contributed by atoms with van der Waals surface area (Å²) < 4.78 is 0. The number of nitriles is 1. The Labute approximate surface area is 176 Å². The summed E-state index contributed by atoms with van der Waals surface area (Å²) in [6.07, 6.45) is 8.03. The molecule has 0 fully saturated rings. The first-order chi connectivity index (χ1) is 13.5. The van der Waals surface area contributed by atoms with Crippen molar-refractivity contribution in [3.8, 4) is 6.07 Å². The molecule has 0 spiro atoms. The average molecular weight is 396 g/mol. The van der Waals surface area contributed by atoms with Gasteiger partial charge < -0.3 is 10.6 Å². The fraction of sp³-hybridized carbons (Fsp3) is 0.600. The SMILES string of the molecule is CCC(NC(=O)/C(C#N)=C\NC(C)(C)CC(C)(C)C)c1ccc2c(c1)CCCC2. The highest BCUT2D eigenvalue weighted by Gasteiger charge is 2.25. The molecule has 2 rings (SSSR count). The second-order valence-electron chi connectivity index (χ2n) is 10.1. The third-order valence-electron chi connectivity index (χ3n) is 5.43. The van der Waals surface area contributed by atoms with E-state index in [1.807, 2.05) is 0 Å². The number of carbonyl (C=O) groups is 1. The van der Waals surface area contributed by atoms with Crippen molar-refractivity contribution in [1.29, 1.82) is 5.26 Å². The Hall–Kier alpha value is -2.28. The minimum absolute atomic E-state index is 0.0888. The lowest BCUT2D eigenvalue weighted by Gasteiger charge is -2.33. The van der Waals surface area contributed by atoms with Crippen LogP contribution in [0.2, 0.25) is 0 Å². The monoisotopic (exact) mass is 395 g/mol. The van der Waals surface area contributed by atoms with E-state index >= 15 is 0 Å². The molecule has 158 valence electrons. The maximum absolute atomic E-state index is 12.8. The predicted octanol–water partition coefficient (Wildman–Crippen LogP) is 5.34. The molecule has 0 bridgehead atoms. The van der Waals surface area contributed by atoms with Gasteiger partial charge in [0.25, 0.3) is 5.91 Å². The summed E-state index contributed by atoms with van der Waals surface area (Å²) in [5.74, 6) is -0.323. The van der Waals surface area contributed by atoms with Crippen molar-refractivity contribution < 1.29 is 4.79 Å². The topological polar surface area (TPSA) is 64.9 Å². The molecule has 0 saturated heterocycles. The van der Waals surface area contributed by atoms with Crippen LogP contribution in [0.15, 0.2) is 30.0 Å². The molecule has 1 aliphatic carbocycles. The van der Waals surface area contributed by atoms with Gasteiger partial charge in [-0.1, -0.05) is 45.9 Å². The molecule has 4 heteroatoms. The van der Waals surface area contributed by atoms with Crippen LogP contribution in [0, 0.1) is 16.7 Å². The lowest BCUT2D eigenvalue weighted by molar-refractivity contribution is -0.117. The highest BCUT2D eigenvalue weighted by Crippen LogP contribution is 2.28. The molecular formula is C25H37N3O. The third kappa shape index (κ3) is 6.92. The molecule has 0 heterocycles. The van der Waals surface area contributed by atoms with Gasteiger partial charge in [-0.2, -0.15) is 5.26 Å². The standard InChI is InChI=1S/C25H37N3O/c1-7-22(20-13-12-18-10-8-9-11-19(18)14-20)28-23(29)21(15-26)16-27-25(5,6)17-24(2,3)4/h12-14,16,22,27H,7-11,17H2,1-6H3,(H,28,29)/b21-16-. The molecule has 29 heavy (non-hydrogen) atoms. The molecule has 0 saturated carbocycles. The summed E-state index contributed by atoms with van der Waals surface area (Å²) >= 11 is 0. The number of nitrogens with one attached hydrogen (secondary N) is 2. The van der Waals surface area contributed by atoms with Gasteiger partial charge in [0.2, 0.25) is 0 Å². The largest absolute Gasteiger partial charge is 0.385 e. The van der Waals surface area contributed by atoms with Crippen molar-refractivity contribution in [2.24, 2.45) is 5.41 Å². The Bertz CT molecular complexity index is 793. The minimum Gasteiger partial charge on any atom is -0.385 e. The zero-order valence-corrected chi connectivity index (χ0v) is 19.0. The van der Waals surface area contributed by atoms with Crippen molar-refractivity contribution in [2.75, 3.05) is 0 Å². The molecular weight excluding hydrogens is 358 g/mol. The van der Waals surface area contributed by atoms with Gasteiger partial charge in [0, 0.05) is 11.7 Å². The van der Waals surface area contributed by atoms with Crippen LogP contribution in [0.4, 0.5) is 0 Å². The van der Waals surface area contributed by atoms with Crippen LogP contribution in [0.25, 0.3) is 0 Å². The van der Waals surface area contributed by atoms with Crippen LogP contribution in [0.5, 0.6) is 0 Å². The van der Waals surface area contributed by atoms with Gasteiger partial charge in [0.15, 0.2) is 0 Å². The quantitative estimate of drug-likeness (QED) is 0.483. The number of rotatable bonds is 7. The average Bonchev–Trinajstić information content (AvgIpc) is 2.64. The fourth-order valence-corrected chi connectivity index (χ4v) is 4.42. The van der Waals surface area contributed by atoms with Crippen molar-refractivity contribution in [3.05, 3.63) is 46.7 Å². The first-order valence-corrected chi connectivity index (χ1v) is 10.9. The van der Waals surface area contributed by atoms with Gasteiger partial charge in [-0.05, 0) is 74.5 Å². The Kier molecular flexibility index (Phi) is 7.52. The van der Waals surface area contributed by atoms with Gasteiger partial charge in [0.1, 0.15) is 11.6 Å². The second kappa shape index (κ2) is 9.48. The molecule has 4 nitrogen and oxygen atoms in total. The molecule has 1 amide bonds. The summed E-state index contributed by atoms with van der Waals surface area (Å²) in [6, 6.07) is 8.53. The Morgan fingerprint density at radius 2 is 1.83 bits per heavy atom. The summed E-state index contributed by atoms with van der Waals surface area (Å²) in [7, 11) is 0. The molecule has 1 unspecified atom stereocenters. The number of hydrogen-bond donors (Lipinski definition) is 2. The number of fused-ring (bicyclic) bond motifs is 1. The number of benzene rings is 1. The van der Waals surface area contributed by atoms with Gasteiger partial charge in [-0.15, -0.1) is 0 Å². The van der Waals surface area contributed by atoms with Crippen LogP contribution in [0.3, 0.4) is 0 Å². The Morgan fingerprint density at radius 3 is 2.41 bits per heavy atom. The van der Waals surface area contributed by atoms with E-state index in [-0.39, 0.29) is 28.5 Å². The van der Waals surface area contributed by atoms with E-state index in [4.69, 9.17) is 0 Å². The molecule has 1 atom stereocenters. The van der Waals surface area contributed by atoms with Crippen molar-refractivity contribution in [3.63, 3.8) is 0 Å². The Balaban J connectivity index is 2.10. The maximum atomic E-state index is 12.8. The van der Waals surface area contributed by atoms with E-state index in [1.54, 1.807) is 6.20 Å². The molecule has 1 aromatic rings. The summed E-state index contributed by atoms with van der Waals surface area (Å²) in [4.78, 5) is 12.8. The van der Waals surface area contributed by atoms with Gasteiger partial charge in [-0.3, -0.25) is 4.79 Å². The van der Waals surface area contributed by atoms with Crippen molar-refractivity contribution >= 4 is 5.91 Å². The van der Waals surface area contributed by atoms with E-state index < -0.39 is 0 Å². The molecule has 0 radical (unpaired) electrons. The second-order valence-corrected chi connectivity index (χ2v) is 10.1. The van der Waals surface area contributed by atoms with Crippen LogP contribution in [-0.2, 0) is 17.6 Å². The molecule has 1 aliphatic rings. The zero-order chi connectivity index (χ0) is 21.7. The van der Waals surface area contributed by atoms with Crippen molar-refractivity contribution in [2.45, 2.75) is 91.6 Å². The van der Waals surface area contributed by atoms with Crippen LogP contribution < -0.4 is 10.6 Å². The van der Waals surface area contributed by atoms with Crippen molar-refractivity contribution in [1.82, 2.24) is 10.6 Å². The highest BCUT2D eigenvalue weighted by atomic mass is 16.1. The number of hydrogen-bond acceptors (Lipinski definition) is 3.